The fraction of sp³-hybridized carbons (Fsp3) is 0.355. The Morgan fingerprint density at radius 1 is 0.902 bits per heavy atom. The van der Waals surface area contributed by atoms with E-state index in [1.165, 1.54) is 4.90 Å². The first-order valence-electron chi connectivity index (χ1n) is 13.5. The van der Waals surface area contributed by atoms with E-state index >= 15 is 0 Å². The third-order valence-corrected chi connectivity index (χ3v) is 8.49. The molecule has 220 valence electrons. The summed E-state index contributed by atoms with van der Waals surface area (Å²) in [7, 11) is -3.84. The minimum Gasteiger partial charge on any atom is -0.354 e. The maximum atomic E-state index is 14.1. The lowest BCUT2D eigenvalue weighted by molar-refractivity contribution is -0.140. The largest absolute Gasteiger partial charge is 0.354 e. The third kappa shape index (κ3) is 9.48. The summed E-state index contributed by atoms with van der Waals surface area (Å²) in [6.45, 7) is 5.78. The average Bonchev–Trinajstić information content (AvgIpc) is 2.90. The highest BCUT2D eigenvalue weighted by Crippen LogP contribution is 2.26. The maximum Gasteiger partial charge on any atom is 0.244 e. The monoisotopic (exact) mass is 617 g/mol. The van der Waals surface area contributed by atoms with Gasteiger partial charge in [-0.3, -0.25) is 13.9 Å². The first-order valence-corrected chi connectivity index (χ1v) is 16.1. The molecule has 0 aromatic heterocycles. The molecule has 1 atom stereocenters. The summed E-state index contributed by atoms with van der Waals surface area (Å²) in [5, 5.41) is 3.65. The van der Waals surface area contributed by atoms with Crippen LogP contribution in [0, 0.1) is 13.8 Å². The molecule has 7 nitrogen and oxygen atoms in total. The molecule has 0 aliphatic rings. The van der Waals surface area contributed by atoms with Crippen molar-refractivity contribution in [2.75, 3.05) is 23.7 Å². The van der Waals surface area contributed by atoms with Crippen molar-refractivity contribution in [1.29, 1.82) is 0 Å². The van der Waals surface area contributed by atoms with Crippen LogP contribution in [0.25, 0.3) is 0 Å². The second-order valence-electron chi connectivity index (χ2n) is 10.2. The van der Waals surface area contributed by atoms with Gasteiger partial charge < -0.3 is 10.2 Å². The van der Waals surface area contributed by atoms with E-state index in [1.807, 2.05) is 57.2 Å². The van der Waals surface area contributed by atoms with Crippen molar-refractivity contribution >= 4 is 50.7 Å². The number of amides is 2. The van der Waals surface area contributed by atoms with Crippen LogP contribution in [0.15, 0.2) is 66.7 Å². The van der Waals surface area contributed by atoms with Gasteiger partial charge in [-0.2, -0.15) is 0 Å². The van der Waals surface area contributed by atoms with E-state index in [2.05, 4.69) is 5.32 Å². The number of hydrogen-bond acceptors (Lipinski definition) is 4. The molecule has 3 aromatic rings. The molecule has 0 radical (unpaired) electrons. The molecule has 0 heterocycles. The standard InChI is InChI=1S/C31H37Cl2N3O4S/c1-5-6-14-34-31(38)29(19-24-10-8-7-9-11-24)35(20-25-12-13-27(32)28(33)18-25)30(37)21-36(41(4,39)40)26-16-22(2)15-23(3)17-26/h7-13,15-18,29H,5-6,14,19-21H2,1-4H3,(H,34,38)/t29-/m0/s1. The number of aryl methyl sites for hydroxylation is 2. The van der Waals surface area contributed by atoms with Crippen LogP contribution in [0.4, 0.5) is 5.69 Å². The molecule has 0 saturated carbocycles. The number of halogens is 2. The van der Waals surface area contributed by atoms with Crippen LogP contribution in [0.5, 0.6) is 0 Å². The van der Waals surface area contributed by atoms with Crippen LogP contribution in [0.1, 0.15) is 42.0 Å². The van der Waals surface area contributed by atoms with Crippen LogP contribution in [-0.2, 0) is 32.6 Å². The van der Waals surface area contributed by atoms with Gasteiger partial charge in [0.05, 0.1) is 22.0 Å². The number of anilines is 1. The van der Waals surface area contributed by atoms with Gasteiger partial charge in [-0.25, -0.2) is 8.42 Å². The Hall–Kier alpha value is -3.07. The Kier molecular flexibility index (Phi) is 11.6. The van der Waals surface area contributed by atoms with E-state index < -0.39 is 28.5 Å². The maximum absolute atomic E-state index is 14.1. The molecular weight excluding hydrogens is 581 g/mol. The summed E-state index contributed by atoms with van der Waals surface area (Å²) >= 11 is 12.4. The van der Waals surface area contributed by atoms with Gasteiger partial charge in [0, 0.05) is 19.5 Å². The number of nitrogens with one attached hydrogen (secondary N) is 1. The molecule has 0 spiro atoms. The van der Waals surface area contributed by atoms with Gasteiger partial charge in [-0.05, 0) is 66.8 Å². The number of benzene rings is 3. The van der Waals surface area contributed by atoms with Gasteiger partial charge in [-0.1, -0.05) is 79.0 Å². The van der Waals surface area contributed by atoms with Crippen molar-refractivity contribution < 1.29 is 18.0 Å². The molecule has 10 heteroatoms. The Morgan fingerprint density at radius 2 is 1.56 bits per heavy atom. The number of hydrogen-bond donors (Lipinski definition) is 1. The van der Waals surface area contributed by atoms with Crippen LogP contribution in [-0.4, -0.2) is 50.5 Å². The van der Waals surface area contributed by atoms with Crippen molar-refractivity contribution in [1.82, 2.24) is 10.2 Å². The first kappa shape index (κ1) is 32.4. The van der Waals surface area contributed by atoms with Crippen molar-refractivity contribution in [2.45, 2.75) is 52.6 Å². The molecule has 0 fully saturated rings. The molecule has 1 N–H and O–H groups in total. The average molecular weight is 619 g/mol. The predicted molar refractivity (Wildman–Crippen MR) is 167 cm³/mol. The number of carbonyl (C=O) groups is 2. The summed E-state index contributed by atoms with van der Waals surface area (Å²) in [6.07, 6.45) is 3.00. The summed E-state index contributed by atoms with van der Waals surface area (Å²) in [5.41, 5.74) is 3.64. The normalized spacial score (nSPS) is 12.0. The van der Waals surface area contributed by atoms with E-state index in [9.17, 15) is 18.0 Å². The molecule has 0 aliphatic carbocycles. The van der Waals surface area contributed by atoms with Crippen molar-refractivity contribution in [2.24, 2.45) is 0 Å². The van der Waals surface area contributed by atoms with Crippen LogP contribution < -0.4 is 9.62 Å². The topological polar surface area (TPSA) is 86.8 Å². The molecule has 0 aliphatic heterocycles. The lowest BCUT2D eigenvalue weighted by atomic mass is 10.0. The number of nitrogens with zero attached hydrogens (tertiary/aromatic N) is 2. The summed E-state index contributed by atoms with van der Waals surface area (Å²) in [5.74, 6) is -0.833. The van der Waals surface area contributed by atoms with E-state index in [0.717, 1.165) is 40.1 Å². The lowest BCUT2D eigenvalue weighted by Gasteiger charge is -2.33. The highest BCUT2D eigenvalue weighted by atomic mass is 35.5. The number of carbonyl (C=O) groups excluding carboxylic acids is 2. The first-order chi connectivity index (χ1) is 19.4. The quantitative estimate of drug-likeness (QED) is 0.241. The van der Waals surface area contributed by atoms with E-state index in [0.29, 0.717) is 27.8 Å². The molecule has 3 aromatic carbocycles. The zero-order chi connectivity index (χ0) is 30.2. The smallest absolute Gasteiger partial charge is 0.244 e. The minimum absolute atomic E-state index is 0.0267. The van der Waals surface area contributed by atoms with Crippen molar-refractivity contribution in [3.8, 4) is 0 Å². The fourth-order valence-corrected chi connectivity index (χ4v) is 5.76. The highest BCUT2D eigenvalue weighted by molar-refractivity contribution is 7.92. The summed E-state index contributed by atoms with van der Waals surface area (Å²) in [6, 6.07) is 18.9. The van der Waals surface area contributed by atoms with Gasteiger partial charge in [0.15, 0.2) is 0 Å². The zero-order valence-corrected chi connectivity index (χ0v) is 26.2. The van der Waals surface area contributed by atoms with Crippen LogP contribution in [0.3, 0.4) is 0 Å². The Bertz CT molecular complexity index is 1450. The van der Waals surface area contributed by atoms with Gasteiger partial charge in [0.2, 0.25) is 21.8 Å². The molecule has 0 unspecified atom stereocenters. The van der Waals surface area contributed by atoms with Crippen molar-refractivity contribution in [3.05, 3.63) is 99.0 Å². The minimum atomic E-state index is -3.84. The van der Waals surface area contributed by atoms with Gasteiger partial charge >= 0.3 is 0 Å². The van der Waals surface area contributed by atoms with Gasteiger partial charge in [0.25, 0.3) is 0 Å². The number of sulfonamides is 1. The number of unbranched alkanes of at least 4 members (excludes halogenated alkanes) is 1. The van der Waals surface area contributed by atoms with Crippen molar-refractivity contribution in [3.63, 3.8) is 0 Å². The van der Waals surface area contributed by atoms with E-state index in [-0.39, 0.29) is 18.9 Å². The molecule has 2 amide bonds. The summed E-state index contributed by atoms with van der Waals surface area (Å²) in [4.78, 5) is 29.2. The van der Waals surface area contributed by atoms with Crippen LogP contribution >= 0.6 is 23.2 Å². The Morgan fingerprint density at radius 3 is 2.15 bits per heavy atom. The Labute approximate surface area is 253 Å². The SMILES string of the molecule is CCCCNC(=O)[C@H](Cc1ccccc1)N(Cc1ccc(Cl)c(Cl)c1)C(=O)CN(c1cc(C)cc(C)c1)S(C)(=O)=O. The molecule has 0 saturated heterocycles. The highest BCUT2D eigenvalue weighted by Gasteiger charge is 2.33. The van der Waals surface area contributed by atoms with E-state index in [4.69, 9.17) is 23.2 Å². The predicted octanol–water partition coefficient (Wildman–Crippen LogP) is 5.93. The zero-order valence-electron chi connectivity index (χ0n) is 23.9. The lowest BCUT2D eigenvalue weighted by Crippen LogP contribution is -2.53. The molecular formula is C31H37Cl2N3O4S. The second kappa shape index (κ2) is 14.7. The number of rotatable bonds is 13. The van der Waals surface area contributed by atoms with E-state index in [1.54, 1.807) is 30.3 Å². The third-order valence-electron chi connectivity index (χ3n) is 6.61. The summed E-state index contributed by atoms with van der Waals surface area (Å²) < 4.78 is 27.0. The Balaban J connectivity index is 2.07. The van der Waals surface area contributed by atoms with Crippen LogP contribution in [0.2, 0.25) is 10.0 Å². The molecule has 0 bridgehead atoms. The fourth-order valence-electron chi connectivity index (χ4n) is 4.60. The molecule has 41 heavy (non-hydrogen) atoms. The molecule has 3 rings (SSSR count). The van der Waals surface area contributed by atoms with Gasteiger partial charge in [0.1, 0.15) is 12.6 Å². The second-order valence-corrected chi connectivity index (χ2v) is 13.0. The van der Waals surface area contributed by atoms with Gasteiger partial charge in [-0.15, -0.1) is 0 Å².